The third-order valence-corrected chi connectivity index (χ3v) is 3.92. The van der Waals surface area contributed by atoms with Gasteiger partial charge in [0.25, 0.3) is 11.6 Å². The molecule has 0 unspecified atom stereocenters. The predicted octanol–water partition coefficient (Wildman–Crippen LogP) is 2.04. The molecule has 1 aromatic rings. The van der Waals surface area contributed by atoms with E-state index >= 15 is 0 Å². The summed E-state index contributed by atoms with van der Waals surface area (Å²) in [6.45, 7) is 2.20. The molecule has 1 fully saturated rings. The lowest BCUT2D eigenvalue weighted by Crippen LogP contribution is -2.30. The van der Waals surface area contributed by atoms with Crippen LogP contribution in [0, 0.1) is 22.0 Å². The van der Waals surface area contributed by atoms with Crippen LogP contribution in [-0.4, -0.2) is 39.9 Å². The molecule has 1 aliphatic rings. The zero-order valence-corrected chi connectivity index (χ0v) is 11.9. The van der Waals surface area contributed by atoms with Crippen molar-refractivity contribution in [2.75, 3.05) is 13.1 Å². The Hall–Kier alpha value is -2.15. The Morgan fingerprint density at radius 2 is 2.10 bits per heavy atom. The van der Waals surface area contributed by atoms with Crippen molar-refractivity contribution in [2.24, 2.45) is 11.8 Å². The molecule has 2 rings (SSSR count). The van der Waals surface area contributed by atoms with E-state index in [1.165, 1.54) is 17.0 Å². The molecule has 1 aromatic carbocycles. The maximum atomic E-state index is 12.3. The summed E-state index contributed by atoms with van der Waals surface area (Å²) in [6, 6.07) is 3.61. The zero-order valence-electron chi connectivity index (χ0n) is 11.2. The maximum absolute atomic E-state index is 12.3. The van der Waals surface area contributed by atoms with Gasteiger partial charge in [-0.05, 0) is 12.0 Å². The lowest BCUT2D eigenvalue weighted by atomic mass is 9.99. The van der Waals surface area contributed by atoms with Crippen LogP contribution in [0.5, 0.6) is 0 Å². The Labute approximate surface area is 125 Å². The van der Waals surface area contributed by atoms with Gasteiger partial charge in [-0.15, -0.1) is 0 Å². The Kier molecular flexibility index (Phi) is 4.13. The monoisotopic (exact) mass is 312 g/mol. The number of benzene rings is 1. The molecule has 0 saturated carbocycles. The molecule has 8 heteroatoms. The number of hydrogen-bond acceptors (Lipinski definition) is 4. The van der Waals surface area contributed by atoms with Gasteiger partial charge in [0, 0.05) is 25.2 Å². The molecule has 1 saturated heterocycles. The number of amides is 1. The number of halogens is 1. The van der Waals surface area contributed by atoms with Gasteiger partial charge in [-0.1, -0.05) is 18.5 Å². The summed E-state index contributed by atoms with van der Waals surface area (Å²) in [5.41, 5.74) is -0.0599. The summed E-state index contributed by atoms with van der Waals surface area (Å²) >= 11 is 5.91. The molecule has 21 heavy (non-hydrogen) atoms. The lowest BCUT2D eigenvalue weighted by molar-refractivity contribution is -0.384. The number of hydrogen-bond donors (Lipinski definition) is 1. The molecule has 1 N–H and O–H groups in total. The van der Waals surface area contributed by atoms with Gasteiger partial charge in [0.05, 0.1) is 21.4 Å². The van der Waals surface area contributed by atoms with E-state index in [-0.39, 0.29) is 28.7 Å². The highest BCUT2D eigenvalue weighted by atomic mass is 35.5. The van der Waals surface area contributed by atoms with E-state index in [0.717, 1.165) is 6.07 Å². The van der Waals surface area contributed by atoms with Gasteiger partial charge in [-0.25, -0.2) is 0 Å². The lowest BCUT2D eigenvalue weighted by Gasteiger charge is -2.16. The van der Waals surface area contributed by atoms with Crippen LogP contribution in [0.4, 0.5) is 5.69 Å². The first-order valence-corrected chi connectivity index (χ1v) is 6.65. The molecule has 0 aliphatic carbocycles. The molecule has 0 aromatic heterocycles. The second-order valence-electron chi connectivity index (χ2n) is 5.05. The summed E-state index contributed by atoms with van der Waals surface area (Å²) in [4.78, 5) is 34.9. The van der Waals surface area contributed by atoms with E-state index in [4.69, 9.17) is 16.7 Å². The number of carboxylic acid groups (broad SMARTS) is 1. The van der Waals surface area contributed by atoms with Gasteiger partial charge in [-0.3, -0.25) is 19.7 Å². The van der Waals surface area contributed by atoms with Gasteiger partial charge in [0.2, 0.25) is 0 Å². The standard InChI is InChI=1S/C13H13ClN2O5/c1-7-5-15(6-10(7)13(18)19)12(17)9-3-2-8(16(20)21)4-11(9)14/h2-4,7,10H,5-6H2,1H3,(H,18,19)/t7-,10-/m1/s1. The number of carboxylic acids is 1. The summed E-state index contributed by atoms with van der Waals surface area (Å²) in [5.74, 6) is -2.10. The molecule has 112 valence electrons. The molecule has 7 nitrogen and oxygen atoms in total. The Bertz CT molecular complexity index is 619. The number of nitrogens with zero attached hydrogens (tertiary/aromatic N) is 2. The first-order valence-electron chi connectivity index (χ1n) is 6.27. The van der Waals surface area contributed by atoms with E-state index in [0.29, 0.717) is 6.54 Å². The number of nitro groups is 1. The largest absolute Gasteiger partial charge is 0.481 e. The van der Waals surface area contributed by atoms with Crippen molar-refractivity contribution in [1.82, 2.24) is 4.90 Å². The van der Waals surface area contributed by atoms with Crippen molar-refractivity contribution < 1.29 is 19.6 Å². The summed E-state index contributed by atoms with van der Waals surface area (Å²) in [5, 5.41) is 19.7. The quantitative estimate of drug-likeness (QED) is 0.680. The Balaban J connectivity index is 2.22. The van der Waals surface area contributed by atoms with E-state index in [1.54, 1.807) is 6.92 Å². The van der Waals surface area contributed by atoms with Gasteiger partial charge >= 0.3 is 5.97 Å². The molecule has 0 spiro atoms. The summed E-state index contributed by atoms with van der Waals surface area (Å²) in [6.07, 6.45) is 0. The topological polar surface area (TPSA) is 101 Å². The van der Waals surface area contributed by atoms with E-state index < -0.39 is 22.7 Å². The first kappa shape index (κ1) is 15.2. The summed E-state index contributed by atoms with van der Waals surface area (Å²) < 4.78 is 0. The van der Waals surface area contributed by atoms with Crippen LogP contribution < -0.4 is 0 Å². The maximum Gasteiger partial charge on any atom is 0.308 e. The zero-order chi connectivity index (χ0) is 15.7. The fourth-order valence-electron chi connectivity index (χ4n) is 2.42. The average molecular weight is 313 g/mol. The fourth-order valence-corrected chi connectivity index (χ4v) is 2.67. The average Bonchev–Trinajstić information content (AvgIpc) is 2.80. The van der Waals surface area contributed by atoms with Crippen molar-refractivity contribution in [3.05, 3.63) is 38.9 Å². The van der Waals surface area contributed by atoms with E-state index in [2.05, 4.69) is 0 Å². The number of nitro benzene ring substituents is 1. The van der Waals surface area contributed by atoms with Crippen molar-refractivity contribution in [2.45, 2.75) is 6.92 Å². The van der Waals surface area contributed by atoms with Crippen molar-refractivity contribution >= 4 is 29.2 Å². The van der Waals surface area contributed by atoms with Crippen LogP contribution in [0.1, 0.15) is 17.3 Å². The second kappa shape index (κ2) is 5.69. The van der Waals surface area contributed by atoms with Crippen molar-refractivity contribution in [3.63, 3.8) is 0 Å². The minimum absolute atomic E-state index is 0.0133. The molecule has 2 atom stereocenters. The van der Waals surface area contributed by atoms with E-state index in [9.17, 15) is 19.7 Å². The third kappa shape index (κ3) is 2.97. The van der Waals surface area contributed by atoms with Gasteiger partial charge < -0.3 is 10.0 Å². The van der Waals surface area contributed by atoms with Crippen LogP contribution in [0.3, 0.4) is 0 Å². The molecule has 0 radical (unpaired) electrons. The van der Waals surface area contributed by atoms with E-state index in [1.807, 2.05) is 0 Å². The number of rotatable bonds is 3. The highest BCUT2D eigenvalue weighted by Gasteiger charge is 2.37. The number of aliphatic carboxylic acids is 1. The second-order valence-corrected chi connectivity index (χ2v) is 5.46. The Morgan fingerprint density at radius 3 is 2.57 bits per heavy atom. The number of non-ortho nitro benzene ring substituents is 1. The van der Waals surface area contributed by atoms with Crippen molar-refractivity contribution in [1.29, 1.82) is 0 Å². The van der Waals surface area contributed by atoms with Crippen LogP contribution in [0.2, 0.25) is 5.02 Å². The fraction of sp³-hybridized carbons (Fsp3) is 0.385. The van der Waals surface area contributed by atoms with Crippen LogP contribution >= 0.6 is 11.6 Å². The molecule has 1 amide bonds. The minimum Gasteiger partial charge on any atom is -0.481 e. The molecule has 1 aliphatic heterocycles. The Morgan fingerprint density at radius 1 is 1.43 bits per heavy atom. The summed E-state index contributed by atoms with van der Waals surface area (Å²) in [7, 11) is 0. The predicted molar refractivity (Wildman–Crippen MR) is 74.3 cm³/mol. The van der Waals surface area contributed by atoms with Crippen LogP contribution in [0.25, 0.3) is 0 Å². The third-order valence-electron chi connectivity index (χ3n) is 3.61. The van der Waals surface area contributed by atoms with Crippen molar-refractivity contribution in [3.8, 4) is 0 Å². The van der Waals surface area contributed by atoms with Crippen LogP contribution in [-0.2, 0) is 4.79 Å². The van der Waals surface area contributed by atoms with Gasteiger partial charge in [-0.2, -0.15) is 0 Å². The molecular formula is C13H13ClN2O5. The molecular weight excluding hydrogens is 300 g/mol. The highest BCUT2D eigenvalue weighted by molar-refractivity contribution is 6.34. The first-order chi connectivity index (χ1) is 9.81. The highest BCUT2D eigenvalue weighted by Crippen LogP contribution is 2.28. The molecule has 0 bridgehead atoms. The van der Waals surface area contributed by atoms with Crippen LogP contribution in [0.15, 0.2) is 18.2 Å². The number of carbonyl (C=O) groups is 2. The number of likely N-dealkylation sites (tertiary alicyclic amines) is 1. The van der Waals surface area contributed by atoms with Gasteiger partial charge in [0.1, 0.15) is 0 Å². The molecule has 1 heterocycles. The number of carbonyl (C=O) groups excluding carboxylic acids is 1. The minimum atomic E-state index is -0.937. The SMILES string of the molecule is C[C@@H]1CN(C(=O)c2ccc([N+](=O)[O-])cc2Cl)C[C@H]1C(=O)O. The van der Waals surface area contributed by atoms with Gasteiger partial charge in [0.15, 0.2) is 0 Å². The normalized spacial score (nSPS) is 21.3. The smallest absolute Gasteiger partial charge is 0.308 e.